The first-order valence-corrected chi connectivity index (χ1v) is 8.13. The lowest BCUT2D eigenvalue weighted by atomic mass is 9.93. The lowest BCUT2D eigenvalue weighted by molar-refractivity contribution is 0.115. The number of pyridine rings is 1. The Labute approximate surface area is 132 Å². The average molecular weight is 302 g/mol. The van der Waals surface area contributed by atoms with Gasteiger partial charge in [-0.3, -0.25) is 4.98 Å². The molecule has 4 heteroatoms. The number of hydrogen-bond acceptors (Lipinski definition) is 4. The molecule has 4 nitrogen and oxygen atoms in total. The third-order valence-electron chi connectivity index (χ3n) is 4.03. The van der Waals surface area contributed by atoms with Gasteiger partial charge in [-0.15, -0.1) is 0 Å². The van der Waals surface area contributed by atoms with E-state index in [9.17, 15) is 5.11 Å². The predicted molar refractivity (Wildman–Crippen MR) is 90.2 cm³/mol. The number of nitrogens with one attached hydrogen (secondary N) is 1. The number of fused-ring (bicyclic) bond motifs is 1. The third-order valence-corrected chi connectivity index (χ3v) is 4.03. The number of hydrogen-bond donors (Lipinski definition) is 2. The number of aliphatic hydroxyl groups excluding tert-OH is 1. The van der Waals surface area contributed by atoms with E-state index in [1.807, 2.05) is 38.1 Å². The van der Waals surface area contributed by atoms with Crippen molar-refractivity contribution in [2.24, 2.45) is 0 Å². The number of benzene rings is 1. The van der Waals surface area contributed by atoms with Gasteiger partial charge >= 0.3 is 0 Å². The molecular weight excluding hydrogens is 276 g/mol. The summed E-state index contributed by atoms with van der Waals surface area (Å²) < 4.78 is 5.28. The van der Waals surface area contributed by atoms with Crippen LogP contribution in [0.15, 0.2) is 30.5 Å². The molecule has 2 heterocycles. The fourth-order valence-electron chi connectivity index (χ4n) is 2.90. The van der Waals surface area contributed by atoms with Gasteiger partial charge in [-0.1, -0.05) is 20.3 Å². The van der Waals surface area contributed by atoms with Crippen LogP contribution in [0.25, 0.3) is 10.9 Å². The minimum Gasteiger partial charge on any atom is -0.497 e. The maximum Gasteiger partial charge on any atom is 0.119 e. The minimum atomic E-state index is -0.507. The zero-order valence-corrected chi connectivity index (χ0v) is 13.7. The Balaban J connectivity index is 0.000000847. The number of ether oxygens (including phenoxy) is 1. The molecule has 120 valence electrons. The Kier molecular flexibility index (Phi) is 6.16. The van der Waals surface area contributed by atoms with Crippen molar-refractivity contribution >= 4 is 10.9 Å². The summed E-state index contributed by atoms with van der Waals surface area (Å²) in [7, 11) is 1.65. The van der Waals surface area contributed by atoms with Gasteiger partial charge in [-0.05, 0) is 49.2 Å². The number of rotatable bonds is 3. The second-order valence-corrected chi connectivity index (χ2v) is 5.28. The molecule has 0 bridgehead atoms. The lowest BCUT2D eigenvalue weighted by Gasteiger charge is -2.28. The molecule has 1 saturated heterocycles. The monoisotopic (exact) mass is 302 g/mol. The first kappa shape index (κ1) is 16.7. The van der Waals surface area contributed by atoms with Gasteiger partial charge in [0.25, 0.3) is 0 Å². The molecule has 1 fully saturated rings. The van der Waals surface area contributed by atoms with Crippen LogP contribution < -0.4 is 10.1 Å². The Morgan fingerprint density at radius 2 is 2.09 bits per heavy atom. The summed E-state index contributed by atoms with van der Waals surface area (Å²) in [6, 6.07) is 7.80. The summed E-state index contributed by atoms with van der Waals surface area (Å²) in [5.74, 6) is 0.788. The number of methoxy groups -OCH3 is 1. The minimum absolute atomic E-state index is 0.126. The van der Waals surface area contributed by atoms with Gasteiger partial charge in [0.1, 0.15) is 5.75 Å². The number of aromatic nitrogens is 1. The van der Waals surface area contributed by atoms with Crippen molar-refractivity contribution in [3.05, 3.63) is 36.0 Å². The first-order valence-electron chi connectivity index (χ1n) is 8.13. The van der Waals surface area contributed by atoms with Gasteiger partial charge in [-0.2, -0.15) is 0 Å². The zero-order chi connectivity index (χ0) is 15.9. The molecule has 2 N–H and O–H groups in total. The fraction of sp³-hybridized carbons (Fsp3) is 0.500. The van der Waals surface area contributed by atoms with E-state index >= 15 is 0 Å². The van der Waals surface area contributed by atoms with Gasteiger partial charge in [-0.25, -0.2) is 0 Å². The maximum absolute atomic E-state index is 10.7. The van der Waals surface area contributed by atoms with E-state index in [4.69, 9.17) is 4.74 Å². The molecule has 3 rings (SSSR count). The summed E-state index contributed by atoms with van der Waals surface area (Å²) >= 11 is 0. The van der Waals surface area contributed by atoms with E-state index in [0.29, 0.717) is 0 Å². The van der Waals surface area contributed by atoms with Crippen LogP contribution >= 0.6 is 0 Å². The van der Waals surface area contributed by atoms with Gasteiger partial charge in [0, 0.05) is 17.6 Å². The zero-order valence-electron chi connectivity index (χ0n) is 13.7. The SMILES string of the molecule is CC.COc1ccc2nccc(C(O)C3CCCCN3)c2c1. The van der Waals surface area contributed by atoms with Crippen LogP contribution in [-0.2, 0) is 0 Å². The summed E-state index contributed by atoms with van der Waals surface area (Å²) in [4.78, 5) is 4.36. The van der Waals surface area contributed by atoms with Crippen molar-refractivity contribution < 1.29 is 9.84 Å². The second kappa shape index (κ2) is 8.11. The van der Waals surface area contributed by atoms with Crippen molar-refractivity contribution in [1.82, 2.24) is 10.3 Å². The molecule has 22 heavy (non-hydrogen) atoms. The lowest BCUT2D eigenvalue weighted by Crippen LogP contribution is -2.38. The quantitative estimate of drug-likeness (QED) is 0.912. The van der Waals surface area contributed by atoms with E-state index in [2.05, 4.69) is 10.3 Å². The van der Waals surface area contributed by atoms with E-state index in [0.717, 1.165) is 35.2 Å². The summed E-state index contributed by atoms with van der Waals surface area (Å²) in [6.07, 6.45) is 4.62. The molecule has 1 aromatic heterocycles. The number of aliphatic hydroxyl groups is 1. The Hall–Kier alpha value is -1.65. The molecule has 0 saturated carbocycles. The third kappa shape index (κ3) is 3.57. The van der Waals surface area contributed by atoms with Crippen LogP contribution in [0.3, 0.4) is 0 Å². The molecule has 0 amide bonds. The highest BCUT2D eigenvalue weighted by atomic mass is 16.5. The van der Waals surface area contributed by atoms with Crippen LogP contribution in [0, 0.1) is 0 Å². The normalized spacial score (nSPS) is 19.2. The molecule has 0 radical (unpaired) electrons. The molecule has 2 unspecified atom stereocenters. The molecule has 2 atom stereocenters. The van der Waals surface area contributed by atoms with Crippen LogP contribution in [0.5, 0.6) is 5.75 Å². The summed E-state index contributed by atoms with van der Waals surface area (Å²) in [5, 5.41) is 15.0. The standard InChI is InChI=1S/C16H20N2O2.C2H6/c1-20-11-5-6-14-13(10-11)12(7-9-18-14)16(19)15-4-2-3-8-17-15;1-2/h5-7,9-10,15-17,19H,2-4,8H2,1H3;1-2H3. The highest BCUT2D eigenvalue weighted by Crippen LogP contribution is 2.30. The molecular formula is C18H26N2O2. The van der Waals surface area contributed by atoms with Gasteiger partial charge in [0.15, 0.2) is 0 Å². The average Bonchev–Trinajstić information content (AvgIpc) is 2.62. The topological polar surface area (TPSA) is 54.4 Å². The molecule has 1 aromatic carbocycles. The number of piperidine rings is 1. The summed E-state index contributed by atoms with van der Waals surface area (Å²) in [6.45, 7) is 4.98. The van der Waals surface area contributed by atoms with Crippen LogP contribution in [0.1, 0.15) is 44.8 Å². The fourth-order valence-corrected chi connectivity index (χ4v) is 2.90. The molecule has 1 aliphatic heterocycles. The molecule has 2 aromatic rings. The highest BCUT2D eigenvalue weighted by Gasteiger charge is 2.24. The van der Waals surface area contributed by atoms with Gasteiger partial charge < -0.3 is 15.2 Å². The van der Waals surface area contributed by atoms with E-state index in [1.165, 1.54) is 12.8 Å². The maximum atomic E-state index is 10.7. The Bertz CT molecular complexity index is 595. The molecule has 0 spiro atoms. The highest BCUT2D eigenvalue weighted by molar-refractivity contribution is 5.83. The van der Waals surface area contributed by atoms with E-state index in [-0.39, 0.29) is 6.04 Å². The van der Waals surface area contributed by atoms with E-state index < -0.39 is 6.10 Å². The first-order chi connectivity index (χ1) is 10.8. The van der Waals surface area contributed by atoms with Crippen molar-refractivity contribution in [3.63, 3.8) is 0 Å². The van der Waals surface area contributed by atoms with Crippen molar-refractivity contribution in [1.29, 1.82) is 0 Å². The van der Waals surface area contributed by atoms with Crippen molar-refractivity contribution in [2.75, 3.05) is 13.7 Å². The largest absolute Gasteiger partial charge is 0.497 e. The Morgan fingerprint density at radius 1 is 1.27 bits per heavy atom. The Morgan fingerprint density at radius 3 is 2.77 bits per heavy atom. The summed E-state index contributed by atoms with van der Waals surface area (Å²) in [5.41, 5.74) is 1.81. The smallest absolute Gasteiger partial charge is 0.119 e. The van der Waals surface area contributed by atoms with E-state index in [1.54, 1.807) is 13.3 Å². The van der Waals surface area contributed by atoms with Gasteiger partial charge in [0.05, 0.1) is 18.7 Å². The van der Waals surface area contributed by atoms with Crippen LogP contribution in [0.4, 0.5) is 0 Å². The van der Waals surface area contributed by atoms with Crippen LogP contribution in [0.2, 0.25) is 0 Å². The molecule has 0 aliphatic carbocycles. The van der Waals surface area contributed by atoms with Crippen molar-refractivity contribution in [2.45, 2.75) is 45.3 Å². The van der Waals surface area contributed by atoms with Crippen LogP contribution in [-0.4, -0.2) is 29.8 Å². The predicted octanol–water partition coefficient (Wildman–Crippen LogP) is 3.45. The molecule has 1 aliphatic rings. The second-order valence-electron chi connectivity index (χ2n) is 5.28. The van der Waals surface area contributed by atoms with Gasteiger partial charge in [0.2, 0.25) is 0 Å². The number of nitrogens with zero attached hydrogens (tertiary/aromatic N) is 1. The van der Waals surface area contributed by atoms with Crippen molar-refractivity contribution in [3.8, 4) is 5.75 Å².